The zero-order valence-electron chi connectivity index (χ0n) is 18.5. The Bertz CT molecular complexity index is 1310. The van der Waals surface area contributed by atoms with Crippen molar-refractivity contribution in [3.8, 4) is 6.07 Å². The van der Waals surface area contributed by atoms with Crippen LogP contribution in [0.15, 0.2) is 66.7 Å². The summed E-state index contributed by atoms with van der Waals surface area (Å²) >= 11 is 1.53. The fourth-order valence-electron chi connectivity index (χ4n) is 4.66. The first-order chi connectivity index (χ1) is 15.9. The smallest absolute Gasteiger partial charge is 0.268 e. The Hall–Kier alpha value is -3.56. The predicted molar refractivity (Wildman–Crippen MR) is 130 cm³/mol. The van der Waals surface area contributed by atoms with Crippen molar-refractivity contribution in [2.24, 2.45) is 0 Å². The number of benzene rings is 3. The number of nitrogens with zero attached hydrogens (tertiary/aromatic N) is 3. The number of thioether (sulfide) groups is 1. The Morgan fingerprint density at radius 1 is 1.06 bits per heavy atom. The van der Waals surface area contributed by atoms with Crippen LogP contribution in [-0.4, -0.2) is 29.0 Å². The molecule has 3 aromatic carbocycles. The van der Waals surface area contributed by atoms with Gasteiger partial charge >= 0.3 is 0 Å². The lowest BCUT2D eigenvalue weighted by molar-refractivity contribution is -0.123. The molecule has 0 N–H and O–H groups in total. The molecular formula is C27H23N3O2S. The van der Waals surface area contributed by atoms with E-state index >= 15 is 0 Å². The van der Waals surface area contributed by atoms with Gasteiger partial charge in [0.1, 0.15) is 0 Å². The van der Waals surface area contributed by atoms with Crippen molar-refractivity contribution in [1.82, 2.24) is 4.90 Å². The van der Waals surface area contributed by atoms with Gasteiger partial charge in [0.05, 0.1) is 23.9 Å². The molecule has 0 radical (unpaired) electrons. The number of rotatable bonds is 3. The Morgan fingerprint density at radius 2 is 1.82 bits per heavy atom. The average molecular weight is 454 g/mol. The molecule has 6 heteroatoms. The summed E-state index contributed by atoms with van der Waals surface area (Å²) in [5.41, 5.74) is 5.85. The number of amides is 2. The van der Waals surface area contributed by atoms with Crippen molar-refractivity contribution in [3.05, 3.63) is 100 Å². The van der Waals surface area contributed by atoms with Crippen LogP contribution in [0.2, 0.25) is 0 Å². The second-order valence-corrected chi connectivity index (χ2v) is 9.83. The maximum absolute atomic E-state index is 14.1. The number of fused-ring (bicyclic) bond motifs is 2. The fraction of sp³-hybridized carbons (Fsp3) is 0.222. The van der Waals surface area contributed by atoms with Gasteiger partial charge < -0.3 is 9.80 Å². The Balaban J connectivity index is 1.59. The number of hydrogen-bond donors (Lipinski definition) is 0. The number of hydrogen-bond acceptors (Lipinski definition) is 4. The second kappa shape index (κ2) is 8.09. The second-order valence-electron chi connectivity index (χ2n) is 8.54. The van der Waals surface area contributed by atoms with Crippen molar-refractivity contribution in [1.29, 1.82) is 5.26 Å². The third kappa shape index (κ3) is 3.40. The molecule has 0 unspecified atom stereocenters. The topological polar surface area (TPSA) is 64.4 Å². The molecule has 5 nitrogen and oxygen atoms in total. The monoisotopic (exact) mass is 453 g/mol. The molecule has 5 rings (SSSR count). The predicted octanol–water partition coefficient (Wildman–Crippen LogP) is 4.76. The summed E-state index contributed by atoms with van der Waals surface area (Å²) in [5.74, 6) is 0.455. The summed E-state index contributed by atoms with van der Waals surface area (Å²) in [5, 5.41) is 9.27. The summed E-state index contributed by atoms with van der Waals surface area (Å²) in [6.07, 6.45) is 0. The van der Waals surface area contributed by atoms with Crippen LogP contribution < -0.4 is 4.90 Å². The van der Waals surface area contributed by atoms with Crippen LogP contribution in [0.5, 0.6) is 0 Å². The molecule has 0 saturated carbocycles. The Labute approximate surface area is 197 Å². The molecule has 0 bridgehead atoms. The normalized spacial score (nSPS) is 19.1. The summed E-state index contributed by atoms with van der Waals surface area (Å²) in [6, 6.07) is 23.0. The van der Waals surface area contributed by atoms with Crippen molar-refractivity contribution >= 4 is 29.3 Å². The van der Waals surface area contributed by atoms with E-state index in [0.717, 1.165) is 27.9 Å². The van der Waals surface area contributed by atoms with E-state index in [1.54, 1.807) is 15.9 Å². The average Bonchev–Trinajstić information content (AvgIpc) is 3.36. The SMILES string of the molecule is Cc1ccc(C(=O)N2CCS[C@]23C(=O)N(Cc2cccc(C#N)c2)c2ccc(C)cc23)cc1. The molecular weight excluding hydrogens is 430 g/mol. The van der Waals surface area contributed by atoms with E-state index in [9.17, 15) is 14.9 Å². The number of carbonyl (C=O) groups excluding carboxylic acids is 2. The van der Waals surface area contributed by atoms with Crippen LogP contribution in [0, 0.1) is 25.2 Å². The van der Waals surface area contributed by atoms with Crippen LogP contribution in [0.25, 0.3) is 0 Å². The molecule has 33 heavy (non-hydrogen) atoms. The molecule has 1 atom stereocenters. The molecule has 1 spiro atoms. The maximum Gasteiger partial charge on any atom is 0.268 e. The van der Waals surface area contributed by atoms with Crippen molar-refractivity contribution in [3.63, 3.8) is 0 Å². The third-order valence-electron chi connectivity index (χ3n) is 6.29. The highest BCUT2D eigenvalue weighted by atomic mass is 32.2. The van der Waals surface area contributed by atoms with Crippen LogP contribution >= 0.6 is 11.8 Å². The first kappa shape index (κ1) is 21.3. The zero-order valence-corrected chi connectivity index (χ0v) is 19.4. The van der Waals surface area contributed by atoms with Gasteiger partial charge in [0.15, 0.2) is 4.87 Å². The van der Waals surface area contributed by atoms with Gasteiger partial charge in [0, 0.05) is 23.4 Å². The van der Waals surface area contributed by atoms with E-state index in [-0.39, 0.29) is 11.8 Å². The highest BCUT2D eigenvalue weighted by molar-refractivity contribution is 8.01. The molecule has 0 aliphatic carbocycles. The van der Waals surface area contributed by atoms with Crippen LogP contribution in [0.4, 0.5) is 5.69 Å². The van der Waals surface area contributed by atoms with Crippen LogP contribution in [0.1, 0.15) is 38.2 Å². The van der Waals surface area contributed by atoms with E-state index in [4.69, 9.17) is 0 Å². The first-order valence-electron chi connectivity index (χ1n) is 10.9. The molecule has 2 aliphatic rings. The standard InChI is InChI=1S/C27H23N3O2S/c1-18-6-9-22(10-7-18)25(31)30-12-13-33-27(30)23-14-19(2)8-11-24(23)29(26(27)32)17-21-5-3-4-20(15-21)16-28/h3-11,14-15H,12-13,17H2,1-2H3/t27-/m1/s1. The molecule has 1 fully saturated rings. The minimum absolute atomic E-state index is 0.103. The lowest BCUT2D eigenvalue weighted by Crippen LogP contribution is -2.50. The minimum Gasteiger partial charge on any atom is -0.311 e. The minimum atomic E-state index is -1.07. The quantitative estimate of drug-likeness (QED) is 0.573. The summed E-state index contributed by atoms with van der Waals surface area (Å²) in [4.78, 5) is 30.2. The number of anilines is 1. The van der Waals surface area contributed by atoms with Gasteiger partial charge in [0.25, 0.3) is 11.8 Å². The van der Waals surface area contributed by atoms with E-state index in [1.807, 2.05) is 74.5 Å². The molecule has 3 aromatic rings. The third-order valence-corrected chi connectivity index (χ3v) is 7.71. The molecule has 164 valence electrons. The van der Waals surface area contributed by atoms with Crippen molar-refractivity contribution in [2.45, 2.75) is 25.3 Å². The lowest BCUT2D eigenvalue weighted by Gasteiger charge is -2.33. The highest BCUT2D eigenvalue weighted by Crippen LogP contribution is 2.55. The van der Waals surface area contributed by atoms with Gasteiger partial charge in [-0.25, -0.2) is 0 Å². The Morgan fingerprint density at radius 3 is 2.58 bits per heavy atom. The van der Waals surface area contributed by atoms with Gasteiger partial charge in [-0.15, -0.1) is 11.8 Å². The number of carbonyl (C=O) groups is 2. The number of aryl methyl sites for hydroxylation is 2. The summed E-state index contributed by atoms with van der Waals surface area (Å²) < 4.78 is 0. The molecule has 2 heterocycles. The van der Waals surface area contributed by atoms with Gasteiger partial charge in [-0.2, -0.15) is 5.26 Å². The number of nitriles is 1. The van der Waals surface area contributed by atoms with Crippen LogP contribution in [0.3, 0.4) is 0 Å². The van der Waals surface area contributed by atoms with Gasteiger partial charge in [-0.05, 0) is 49.7 Å². The molecule has 0 aromatic heterocycles. The zero-order chi connectivity index (χ0) is 23.2. The largest absolute Gasteiger partial charge is 0.311 e. The van der Waals surface area contributed by atoms with Crippen molar-refractivity contribution < 1.29 is 9.59 Å². The van der Waals surface area contributed by atoms with E-state index in [1.165, 1.54) is 11.8 Å². The van der Waals surface area contributed by atoms with Gasteiger partial charge in [-0.3, -0.25) is 9.59 Å². The van der Waals surface area contributed by atoms with Crippen molar-refractivity contribution in [2.75, 3.05) is 17.2 Å². The maximum atomic E-state index is 14.1. The molecule has 1 saturated heterocycles. The lowest BCUT2D eigenvalue weighted by atomic mass is 10.0. The van der Waals surface area contributed by atoms with Gasteiger partial charge in [0.2, 0.25) is 0 Å². The van der Waals surface area contributed by atoms with E-state index < -0.39 is 4.87 Å². The van der Waals surface area contributed by atoms with Gasteiger partial charge in [-0.1, -0.05) is 47.5 Å². The Kier molecular flexibility index (Phi) is 5.22. The van der Waals surface area contributed by atoms with E-state index in [2.05, 4.69) is 6.07 Å². The van der Waals surface area contributed by atoms with E-state index in [0.29, 0.717) is 30.0 Å². The molecule has 2 amide bonds. The highest BCUT2D eigenvalue weighted by Gasteiger charge is 2.59. The fourth-order valence-corrected chi connectivity index (χ4v) is 6.11. The first-order valence-corrected chi connectivity index (χ1v) is 11.9. The summed E-state index contributed by atoms with van der Waals surface area (Å²) in [6.45, 7) is 4.84. The van der Waals surface area contributed by atoms with Crippen LogP contribution in [-0.2, 0) is 16.2 Å². The summed E-state index contributed by atoms with van der Waals surface area (Å²) in [7, 11) is 0. The molecule has 2 aliphatic heterocycles.